The summed E-state index contributed by atoms with van der Waals surface area (Å²) in [7, 11) is 3.72. The van der Waals surface area contributed by atoms with E-state index in [1.54, 1.807) is 7.11 Å². The van der Waals surface area contributed by atoms with E-state index in [0.29, 0.717) is 23.7 Å². The number of amides is 2. The molecule has 8 atom stereocenters. The Bertz CT molecular complexity index is 795. The lowest BCUT2D eigenvalue weighted by atomic mass is 9.66. The molecule has 0 aromatic carbocycles. The highest BCUT2D eigenvalue weighted by atomic mass is 16.5. The largest absolute Gasteiger partial charge is 0.367 e. The van der Waals surface area contributed by atoms with Crippen LogP contribution in [0.25, 0.3) is 0 Å². The molecular weight excluding hydrogens is 486 g/mol. The van der Waals surface area contributed by atoms with E-state index in [9.17, 15) is 9.59 Å². The molecule has 6 nitrogen and oxygen atoms in total. The van der Waals surface area contributed by atoms with Crippen LogP contribution in [0.15, 0.2) is 11.1 Å². The van der Waals surface area contributed by atoms with Crippen molar-refractivity contribution in [1.29, 1.82) is 0 Å². The highest BCUT2D eigenvalue weighted by Gasteiger charge is 2.47. The molecule has 2 aliphatic heterocycles. The molecule has 6 heteroatoms. The molecule has 2 heterocycles. The van der Waals surface area contributed by atoms with Gasteiger partial charge in [-0.25, -0.2) is 0 Å². The van der Waals surface area contributed by atoms with Crippen molar-refractivity contribution in [2.24, 2.45) is 29.6 Å². The molecule has 226 valence electrons. The minimum atomic E-state index is 0.0242. The van der Waals surface area contributed by atoms with Crippen LogP contribution in [0.3, 0.4) is 0 Å². The minimum absolute atomic E-state index is 0.0242. The zero-order valence-electron chi connectivity index (χ0n) is 26.8. The minimum Gasteiger partial charge on any atom is -0.367 e. The number of nitrogens with zero attached hydrogens (tertiary/aromatic N) is 1. The molecule has 0 bridgehead atoms. The fraction of sp³-hybridized carbons (Fsp3) is 0.879. The van der Waals surface area contributed by atoms with Crippen LogP contribution in [0, 0.1) is 29.6 Å². The van der Waals surface area contributed by atoms with Gasteiger partial charge in [0.25, 0.3) is 0 Å². The van der Waals surface area contributed by atoms with E-state index in [-0.39, 0.29) is 36.1 Å². The number of fused-ring (bicyclic) bond motifs is 1. The summed E-state index contributed by atoms with van der Waals surface area (Å²) >= 11 is 0. The molecule has 4 rings (SSSR count). The Hall–Kier alpha value is -1.40. The fourth-order valence-electron chi connectivity index (χ4n) is 7.11. The van der Waals surface area contributed by atoms with E-state index >= 15 is 0 Å². The maximum Gasteiger partial charge on any atom is 0.225 e. The Morgan fingerprint density at radius 3 is 2.41 bits per heavy atom. The first-order valence-electron chi connectivity index (χ1n) is 16.2. The smallest absolute Gasteiger partial charge is 0.225 e. The standard InChI is InChI=1S/C27H45N3O3.C4H10.C2H6/c1-16-7-6-8-19(16)11-18(3)26(31)29-21-10-9-17(2)22(13-21)23-12-20-15-28-25(33-5)14-24(20)30(4)27(23)32;1-3-4-2;1-2/h17-18,20-25,28H,6-15H2,1-5H3,(H,29,31);3-4H2,1-2H3;1-2H3. The molecule has 39 heavy (non-hydrogen) atoms. The van der Waals surface area contributed by atoms with Gasteiger partial charge in [0.15, 0.2) is 0 Å². The first kappa shape index (κ1) is 33.8. The maximum atomic E-state index is 13.5. The van der Waals surface area contributed by atoms with Crippen molar-refractivity contribution in [3.63, 3.8) is 0 Å². The molecule has 8 unspecified atom stereocenters. The SMILES string of the molecule is CC.CCCC.COC1CC2C(CN1)CC(C1CC(NC(=O)C(C)CC3=C(C)CCC3)CCC1C)C(=O)N2C. The molecule has 0 aromatic rings. The third-order valence-corrected chi connectivity index (χ3v) is 9.87. The monoisotopic (exact) mass is 547 g/mol. The van der Waals surface area contributed by atoms with Gasteiger partial charge in [0.2, 0.25) is 11.8 Å². The highest BCUT2D eigenvalue weighted by Crippen LogP contribution is 2.43. The quantitative estimate of drug-likeness (QED) is 0.348. The number of unbranched alkanes of at least 4 members (excludes halogenated alkanes) is 1. The number of ether oxygens (including phenoxy) is 1. The van der Waals surface area contributed by atoms with Gasteiger partial charge in [-0.3, -0.25) is 14.9 Å². The summed E-state index contributed by atoms with van der Waals surface area (Å²) in [5.41, 5.74) is 2.99. The number of hydrogen-bond donors (Lipinski definition) is 2. The molecule has 0 aromatic heterocycles. The highest BCUT2D eigenvalue weighted by molar-refractivity contribution is 5.80. The Morgan fingerprint density at radius 2 is 1.82 bits per heavy atom. The number of methoxy groups -OCH3 is 1. The van der Waals surface area contributed by atoms with Gasteiger partial charge in [-0.15, -0.1) is 0 Å². The van der Waals surface area contributed by atoms with Crippen molar-refractivity contribution in [3.05, 3.63) is 11.1 Å². The zero-order chi connectivity index (χ0) is 29.1. The van der Waals surface area contributed by atoms with Crippen LogP contribution in [-0.4, -0.2) is 55.7 Å². The summed E-state index contributed by atoms with van der Waals surface area (Å²) in [6.07, 6.45) is 12.0. The topological polar surface area (TPSA) is 70.7 Å². The van der Waals surface area contributed by atoms with Crippen LogP contribution in [0.5, 0.6) is 0 Å². The fourth-order valence-corrected chi connectivity index (χ4v) is 7.11. The Balaban J connectivity index is 0.000000815. The van der Waals surface area contributed by atoms with Crippen molar-refractivity contribution in [2.45, 2.75) is 137 Å². The van der Waals surface area contributed by atoms with E-state index in [1.165, 1.54) is 36.8 Å². The van der Waals surface area contributed by atoms with Crippen molar-refractivity contribution < 1.29 is 14.3 Å². The first-order valence-corrected chi connectivity index (χ1v) is 16.2. The van der Waals surface area contributed by atoms with Crippen LogP contribution in [0.2, 0.25) is 0 Å². The van der Waals surface area contributed by atoms with Crippen molar-refractivity contribution in [3.8, 4) is 0 Å². The van der Waals surface area contributed by atoms with Gasteiger partial charge in [-0.2, -0.15) is 0 Å². The number of nitrogens with one attached hydrogen (secondary N) is 2. The predicted molar refractivity (Wildman–Crippen MR) is 162 cm³/mol. The summed E-state index contributed by atoms with van der Waals surface area (Å²) in [4.78, 5) is 28.5. The Labute approximate surface area is 240 Å². The van der Waals surface area contributed by atoms with Crippen LogP contribution in [-0.2, 0) is 14.3 Å². The number of hydrogen-bond acceptors (Lipinski definition) is 4. The molecule has 3 fully saturated rings. The van der Waals surface area contributed by atoms with Gasteiger partial charge >= 0.3 is 0 Å². The summed E-state index contributed by atoms with van der Waals surface area (Å²) in [5.74, 6) is 1.92. The van der Waals surface area contributed by atoms with Crippen molar-refractivity contribution in [1.82, 2.24) is 15.5 Å². The first-order chi connectivity index (χ1) is 18.7. The van der Waals surface area contributed by atoms with Gasteiger partial charge < -0.3 is 15.0 Å². The average Bonchev–Trinajstić information content (AvgIpc) is 3.36. The normalized spacial score (nSPS) is 33.3. The van der Waals surface area contributed by atoms with E-state index in [0.717, 1.165) is 51.5 Å². The van der Waals surface area contributed by atoms with Gasteiger partial charge in [-0.1, -0.05) is 65.5 Å². The third-order valence-electron chi connectivity index (χ3n) is 9.87. The summed E-state index contributed by atoms with van der Waals surface area (Å²) in [6.45, 7) is 15.9. The summed E-state index contributed by atoms with van der Waals surface area (Å²) in [6, 6.07) is 0.460. The summed E-state index contributed by atoms with van der Waals surface area (Å²) < 4.78 is 5.51. The van der Waals surface area contributed by atoms with Crippen molar-refractivity contribution in [2.75, 3.05) is 20.7 Å². The predicted octanol–water partition coefficient (Wildman–Crippen LogP) is 6.70. The molecule has 2 N–H and O–H groups in total. The van der Waals surface area contributed by atoms with Crippen molar-refractivity contribution >= 4 is 11.8 Å². The molecular formula is C33H61N3O3. The zero-order valence-corrected chi connectivity index (χ0v) is 26.8. The lowest BCUT2D eigenvalue weighted by Gasteiger charge is -2.50. The van der Waals surface area contributed by atoms with Gasteiger partial charge in [0.1, 0.15) is 6.23 Å². The molecule has 1 saturated carbocycles. The van der Waals surface area contributed by atoms with E-state index in [2.05, 4.69) is 45.3 Å². The van der Waals surface area contributed by atoms with Gasteiger partial charge in [-0.05, 0) is 76.0 Å². The second-order valence-electron chi connectivity index (χ2n) is 12.5. The molecule has 4 aliphatic rings. The van der Waals surface area contributed by atoms with Crippen LogP contribution >= 0.6 is 0 Å². The number of carbonyl (C=O) groups is 2. The van der Waals surface area contributed by atoms with Crippen LogP contribution in [0.4, 0.5) is 0 Å². The molecule has 0 radical (unpaired) electrons. The Kier molecular flexibility index (Phi) is 14.5. The lowest BCUT2D eigenvalue weighted by molar-refractivity contribution is -0.151. The second kappa shape index (κ2) is 16.8. The maximum absolute atomic E-state index is 13.5. The molecule has 2 aliphatic carbocycles. The summed E-state index contributed by atoms with van der Waals surface area (Å²) in [5, 5.41) is 6.87. The number of piperidine rings is 2. The second-order valence-corrected chi connectivity index (χ2v) is 12.5. The Morgan fingerprint density at radius 1 is 1.13 bits per heavy atom. The number of carbonyl (C=O) groups excluding carboxylic acids is 2. The third kappa shape index (κ3) is 9.05. The van der Waals surface area contributed by atoms with E-state index in [1.807, 2.05) is 25.8 Å². The number of likely N-dealkylation sites (tertiary alicyclic amines) is 1. The van der Waals surface area contributed by atoms with E-state index in [4.69, 9.17) is 4.74 Å². The van der Waals surface area contributed by atoms with Gasteiger partial charge in [0, 0.05) is 51.0 Å². The van der Waals surface area contributed by atoms with E-state index < -0.39 is 0 Å². The molecule has 2 amide bonds. The number of allylic oxidation sites excluding steroid dienone is 2. The number of rotatable bonds is 7. The lowest BCUT2D eigenvalue weighted by Crippen LogP contribution is -2.60. The van der Waals surface area contributed by atoms with Crippen LogP contribution in [0.1, 0.15) is 119 Å². The van der Waals surface area contributed by atoms with Crippen LogP contribution < -0.4 is 10.6 Å². The van der Waals surface area contributed by atoms with Gasteiger partial charge in [0.05, 0.1) is 0 Å². The molecule has 0 spiro atoms. The molecule has 2 saturated heterocycles. The average molecular weight is 548 g/mol.